The number of rotatable bonds is 6. The summed E-state index contributed by atoms with van der Waals surface area (Å²) in [7, 11) is 0. The molecule has 0 saturated carbocycles. The average molecular weight is 253 g/mol. The number of benzene rings is 2. The van der Waals surface area contributed by atoms with Gasteiger partial charge in [-0.2, -0.15) is 0 Å². The SMILES string of the molecule is CCOc1ccc(NC/C=C/c2ccccc2)cc1. The Morgan fingerprint density at radius 2 is 1.74 bits per heavy atom. The molecule has 0 aliphatic heterocycles. The van der Waals surface area contributed by atoms with Crippen molar-refractivity contribution in [3.05, 3.63) is 66.2 Å². The highest BCUT2D eigenvalue weighted by atomic mass is 16.5. The zero-order chi connectivity index (χ0) is 13.3. The molecule has 0 spiro atoms. The fraction of sp³-hybridized carbons (Fsp3) is 0.176. The van der Waals surface area contributed by atoms with Crippen LogP contribution in [0.2, 0.25) is 0 Å². The molecule has 98 valence electrons. The molecule has 0 aromatic heterocycles. The Hall–Kier alpha value is -2.22. The second-order valence-corrected chi connectivity index (χ2v) is 4.15. The minimum Gasteiger partial charge on any atom is -0.494 e. The number of anilines is 1. The van der Waals surface area contributed by atoms with E-state index in [1.807, 2.05) is 49.4 Å². The predicted octanol–water partition coefficient (Wildman–Crippen LogP) is 4.21. The van der Waals surface area contributed by atoms with Crippen LogP contribution >= 0.6 is 0 Å². The van der Waals surface area contributed by atoms with E-state index in [1.54, 1.807) is 0 Å². The van der Waals surface area contributed by atoms with Gasteiger partial charge in [-0.05, 0) is 36.8 Å². The van der Waals surface area contributed by atoms with Gasteiger partial charge in [-0.3, -0.25) is 0 Å². The number of nitrogens with one attached hydrogen (secondary N) is 1. The molecule has 0 aliphatic rings. The van der Waals surface area contributed by atoms with E-state index in [9.17, 15) is 0 Å². The van der Waals surface area contributed by atoms with Crippen LogP contribution in [-0.2, 0) is 0 Å². The van der Waals surface area contributed by atoms with Crippen molar-refractivity contribution in [1.82, 2.24) is 0 Å². The molecule has 0 amide bonds. The van der Waals surface area contributed by atoms with Gasteiger partial charge in [0.05, 0.1) is 6.61 Å². The van der Waals surface area contributed by atoms with E-state index >= 15 is 0 Å². The van der Waals surface area contributed by atoms with E-state index < -0.39 is 0 Å². The second-order valence-electron chi connectivity index (χ2n) is 4.15. The summed E-state index contributed by atoms with van der Waals surface area (Å²) < 4.78 is 5.40. The fourth-order valence-electron chi connectivity index (χ4n) is 1.77. The van der Waals surface area contributed by atoms with E-state index in [1.165, 1.54) is 5.56 Å². The first-order chi connectivity index (χ1) is 9.38. The smallest absolute Gasteiger partial charge is 0.119 e. The van der Waals surface area contributed by atoms with Crippen LogP contribution in [0.1, 0.15) is 12.5 Å². The highest BCUT2D eigenvalue weighted by Gasteiger charge is 1.92. The third-order valence-corrected chi connectivity index (χ3v) is 2.70. The van der Waals surface area contributed by atoms with Gasteiger partial charge in [0.2, 0.25) is 0 Å². The molecular formula is C17H19NO. The molecule has 2 aromatic rings. The molecular weight excluding hydrogens is 234 g/mol. The van der Waals surface area contributed by atoms with Gasteiger partial charge in [0.15, 0.2) is 0 Å². The monoisotopic (exact) mass is 253 g/mol. The molecule has 0 bridgehead atoms. The van der Waals surface area contributed by atoms with E-state index in [-0.39, 0.29) is 0 Å². The molecule has 0 aliphatic carbocycles. The van der Waals surface area contributed by atoms with Gasteiger partial charge in [-0.15, -0.1) is 0 Å². The van der Waals surface area contributed by atoms with Crippen molar-refractivity contribution in [2.24, 2.45) is 0 Å². The summed E-state index contributed by atoms with van der Waals surface area (Å²) in [6.45, 7) is 3.50. The predicted molar refractivity (Wildman–Crippen MR) is 81.6 cm³/mol. The maximum atomic E-state index is 5.40. The lowest BCUT2D eigenvalue weighted by Crippen LogP contribution is -1.98. The number of hydrogen-bond acceptors (Lipinski definition) is 2. The summed E-state index contributed by atoms with van der Waals surface area (Å²) in [5, 5.41) is 3.34. The summed E-state index contributed by atoms with van der Waals surface area (Å²) in [5.41, 5.74) is 2.32. The first-order valence-electron chi connectivity index (χ1n) is 6.57. The van der Waals surface area contributed by atoms with Gasteiger partial charge in [0.25, 0.3) is 0 Å². The van der Waals surface area contributed by atoms with E-state index in [2.05, 4.69) is 29.6 Å². The molecule has 2 nitrogen and oxygen atoms in total. The van der Waals surface area contributed by atoms with Crippen molar-refractivity contribution in [3.63, 3.8) is 0 Å². The van der Waals surface area contributed by atoms with E-state index in [0.29, 0.717) is 6.61 Å². The van der Waals surface area contributed by atoms with Crippen LogP contribution < -0.4 is 10.1 Å². The minimum atomic E-state index is 0.701. The first-order valence-corrected chi connectivity index (χ1v) is 6.57. The molecule has 2 heteroatoms. The zero-order valence-electron chi connectivity index (χ0n) is 11.2. The molecule has 2 rings (SSSR count). The fourth-order valence-corrected chi connectivity index (χ4v) is 1.77. The molecule has 19 heavy (non-hydrogen) atoms. The summed E-state index contributed by atoms with van der Waals surface area (Å²) >= 11 is 0. The number of hydrogen-bond donors (Lipinski definition) is 1. The van der Waals surface area contributed by atoms with Crippen LogP contribution in [0.25, 0.3) is 6.08 Å². The largest absolute Gasteiger partial charge is 0.494 e. The van der Waals surface area contributed by atoms with Crippen LogP contribution in [0.5, 0.6) is 5.75 Å². The first kappa shape index (κ1) is 13.2. The third kappa shape index (κ3) is 4.51. The second kappa shape index (κ2) is 7.27. The molecule has 0 saturated heterocycles. The summed E-state index contributed by atoms with van der Waals surface area (Å²) in [6.07, 6.45) is 4.23. The van der Waals surface area contributed by atoms with Crippen molar-refractivity contribution in [3.8, 4) is 5.75 Å². The molecule has 0 atom stereocenters. The highest BCUT2D eigenvalue weighted by molar-refractivity contribution is 5.51. The quantitative estimate of drug-likeness (QED) is 0.832. The van der Waals surface area contributed by atoms with Crippen LogP contribution in [0.15, 0.2) is 60.7 Å². The van der Waals surface area contributed by atoms with Crippen LogP contribution in [0, 0.1) is 0 Å². The molecule has 1 N–H and O–H groups in total. The summed E-state index contributed by atoms with van der Waals surface area (Å²) in [4.78, 5) is 0. The van der Waals surface area contributed by atoms with Gasteiger partial charge in [-0.25, -0.2) is 0 Å². The maximum absolute atomic E-state index is 5.40. The van der Waals surface area contributed by atoms with Crippen molar-refractivity contribution < 1.29 is 4.74 Å². The van der Waals surface area contributed by atoms with Crippen LogP contribution in [0.4, 0.5) is 5.69 Å². The van der Waals surface area contributed by atoms with Gasteiger partial charge in [-0.1, -0.05) is 42.5 Å². The van der Waals surface area contributed by atoms with Gasteiger partial charge >= 0.3 is 0 Å². The lowest BCUT2D eigenvalue weighted by atomic mass is 10.2. The van der Waals surface area contributed by atoms with E-state index in [4.69, 9.17) is 4.74 Å². The van der Waals surface area contributed by atoms with Crippen LogP contribution in [-0.4, -0.2) is 13.2 Å². The topological polar surface area (TPSA) is 21.3 Å². The summed E-state index contributed by atoms with van der Waals surface area (Å²) in [6, 6.07) is 18.3. The average Bonchev–Trinajstić information content (AvgIpc) is 2.47. The number of ether oxygens (including phenoxy) is 1. The molecule has 0 fully saturated rings. The van der Waals surface area contributed by atoms with Gasteiger partial charge in [0.1, 0.15) is 5.75 Å². The Morgan fingerprint density at radius 1 is 1.00 bits per heavy atom. The third-order valence-electron chi connectivity index (χ3n) is 2.70. The Balaban J connectivity index is 1.81. The normalized spacial score (nSPS) is 10.6. The van der Waals surface area contributed by atoms with Crippen molar-refractivity contribution in [2.45, 2.75) is 6.92 Å². The molecule has 0 radical (unpaired) electrons. The lowest BCUT2D eigenvalue weighted by molar-refractivity contribution is 0.340. The molecule has 0 unspecified atom stereocenters. The highest BCUT2D eigenvalue weighted by Crippen LogP contribution is 2.15. The molecule has 0 heterocycles. The minimum absolute atomic E-state index is 0.701. The lowest BCUT2D eigenvalue weighted by Gasteiger charge is -2.06. The standard InChI is InChI=1S/C17H19NO/c1-2-19-17-12-10-16(11-13-17)18-14-6-9-15-7-4-3-5-8-15/h3-13,18H,2,14H2,1H3/b9-6+. The maximum Gasteiger partial charge on any atom is 0.119 e. The van der Waals surface area contributed by atoms with Crippen molar-refractivity contribution in [1.29, 1.82) is 0 Å². The zero-order valence-corrected chi connectivity index (χ0v) is 11.2. The molecule has 2 aromatic carbocycles. The Kier molecular flexibility index (Phi) is 5.06. The van der Waals surface area contributed by atoms with Gasteiger partial charge in [0, 0.05) is 12.2 Å². The van der Waals surface area contributed by atoms with Gasteiger partial charge < -0.3 is 10.1 Å². The van der Waals surface area contributed by atoms with Crippen molar-refractivity contribution >= 4 is 11.8 Å². The summed E-state index contributed by atoms with van der Waals surface area (Å²) in [5.74, 6) is 0.910. The van der Waals surface area contributed by atoms with Crippen LogP contribution in [0.3, 0.4) is 0 Å². The Bertz CT molecular complexity index is 503. The Labute approximate surface area is 114 Å². The Morgan fingerprint density at radius 3 is 2.42 bits per heavy atom. The van der Waals surface area contributed by atoms with E-state index in [0.717, 1.165) is 18.0 Å². The van der Waals surface area contributed by atoms with Crippen molar-refractivity contribution in [2.75, 3.05) is 18.5 Å².